The molecule has 0 fully saturated rings. The van der Waals surface area contributed by atoms with Crippen LogP contribution in [0.5, 0.6) is 5.75 Å². The summed E-state index contributed by atoms with van der Waals surface area (Å²) >= 11 is 0. The minimum absolute atomic E-state index is 0.0342. The number of para-hydroxylation sites is 2. The number of phenolic OH excluding ortho intramolecular Hbond substituents is 1. The van der Waals surface area contributed by atoms with Crippen molar-refractivity contribution >= 4 is 16.7 Å². The van der Waals surface area contributed by atoms with Crippen molar-refractivity contribution < 1.29 is 9.52 Å². The number of nitrogens with zero attached hydrogens (tertiary/aromatic N) is 2. The highest BCUT2D eigenvalue weighted by atomic mass is 16.3. The summed E-state index contributed by atoms with van der Waals surface area (Å²) in [5.74, 6) is 0.971. The molecule has 4 aromatic rings. The average molecular weight is 437 g/mol. The van der Waals surface area contributed by atoms with Gasteiger partial charge in [0, 0.05) is 42.7 Å². The van der Waals surface area contributed by atoms with Crippen LogP contribution >= 0.6 is 0 Å². The molecule has 5 nitrogen and oxygen atoms in total. The van der Waals surface area contributed by atoms with Gasteiger partial charge in [-0.25, -0.2) is 0 Å². The van der Waals surface area contributed by atoms with Crippen LogP contribution in [-0.4, -0.2) is 28.8 Å². The van der Waals surface area contributed by atoms with E-state index in [-0.39, 0.29) is 23.3 Å². The van der Waals surface area contributed by atoms with Gasteiger partial charge in [-0.1, -0.05) is 54.6 Å². The van der Waals surface area contributed by atoms with Gasteiger partial charge in [0.25, 0.3) is 0 Å². The van der Waals surface area contributed by atoms with Crippen LogP contribution in [0.3, 0.4) is 0 Å². The lowest BCUT2D eigenvalue weighted by atomic mass is 9.85. The normalized spacial score (nSPS) is 20.5. The molecule has 2 atom stereocenters. The fraction of sp³-hybridized carbons (Fsp3) is 0.214. The fourth-order valence-corrected chi connectivity index (χ4v) is 5.34. The predicted molar refractivity (Wildman–Crippen MR) is 129 cm³/mol. The van der Waals surface area contributed by atoms with Crippen LogP contribution in [-0.2, 0) is 6.42 Å². The molecule has 0 aliphatic carbocycles. The van der Waals surface area contributed by atoms with Crippen molar-refractivity contribution in [2.45, 2.75) is 24.9 Å². The number of hydrogen-bond acceptors (Lipinski definition) is 5. The second kappa shape index (κ2) is 8.01. The third kappa shape index (κ3) is 3.36. The van der Waals surface area contributed by atoms with Crippen LogP contribution in [0.4, 0.5) is 0 Å². The molecule has 0 bridgehead atoms. The molecule has 6 rings (SSSR count). The quantitative estimate of drug-likeness (QED) is 0.479. The van der Waals surface area contributed by atoms with E-state index in [2.05, 4.69) is 29.2 Å². The SMILES string of the molecule is O=c1c2c(oc3ccccc13)CC(c1ccccc1)N1CCN=C(c3ccccc3O)CC21. The van der Waals surface area contributed by atoms with Crippen molar-refractivity contribution in [3.05, 3.63) is 112 Å². The van der Waals surface area contributed by atoms with Crippen molar-refractivity contribution in [1.82, 2.24) is 4.90 Å². The molecule has 0 saturated carbocycles. The average Bonchev–Trinajstić information content (AvgIpc) is 3.07. The topological polar surface area (TPSA) is 66.0 Å². The Hall–Kier alpha value is -3.70. The smallest absolute Gasteiger partial charge is 0.197 e. The first-order chi connectivity index (χ1) is 16.2. The number of hydrogen-bond donors (Lipinski definition) is 1. The van der Waals surface area contributed by atoms with Gasteiger partial charge in [-0.2, -0.15) is 0 Å². The molecule has 0 radical (unpaired) electrons. The van der Waals surface area contributed by atoms with E-state index in [4.69, 9.17) is 9.41 Å². The Balaban J connectivity index is 1.54. The number of rotatable bonds is 2. The van der Waals surface area contributed by atoms with Crippen LogP contribution in [0.15, 0.2) is 93.1 Å². The Morgan fingerprint density at radius 3 is 2.48 bits per heavy atom. The lowest BCUT2D eigenvalue weighted by Crippen LogP contribution is -2.42. The first-order valence-electron chi connectivity index (χ1n) is 11.4. The van der Waals surface area contributed by atoms with Crippen LogP contribution in [0, 0.1) is 0 Å². The number of phenols is 1. The molecular weight excluding hydrogens is 412 g/mol. The van der Waals surface area contributed by atoms with E-state index in [9.17, 15) is 9.90 Å². The summed E-state index contributed by atoms with van der Waals surface area (Å²) < 4.78 is 6.36. The van der Waals surface area contributed by atoms with E-state index in [1.165, 1.54) is 5.56 Å². The molecule has 2 aliphatic heterocycles. The molecule has 0 saturated heterocycles. The van der Waals surface area contributed by atoms with E-state index in [0.717, 1.165) is 29.1 Å². The summed E-state index contributed by atoms with van der Waals surface area (Å²) in [6, 6.07) is 25.1. The van der Waals surface area contributed by atoms with E-state index in [1.807, 2.05) is 48.5 Å². The highest BCUT2D eigenvalue weighted by molar-refractivity contribution is 6.03. The monoisotopic (exact) mass is 436 g/mol. The molecule has 33 heavy (non-hydrogen) atoms. The van der Waals surface area contributed by atoms with Gasteiger partial charge >= 0.3 is 0 Å². The number of aliphatic imine (C=N–C) groups is 1. The van der Waals surface area contributed by atoms with E-state index in [1.54, 1.807) is 6.07 Å². The number of fused-ring (bicyclic) bond motifs is 4. The highest BCUT2D eigenvalue weighted by Crippen LogP contribution is 2.43. The van der Waals surface area contributed by atoms with Gasteiger partial charge in [0.2, 0.25) is 0 Å². The minimum Gasteiger partial charge on any atom is -0.507 e. The van der Waals surface area contributed by atoms with Crippen LogP contribution in [0.1, 0.15) is 41.0 Å². The molecular formula is C28H24N2O3. The molecule has 1 N–H and O–H groups in total. The minimum atomic E-state index is -0.180. The Morgan fingerprint density at radius 1 is 0.879 bits per heavy atom. The molecule has 3 aromatic carbocycles. The summed E-state index contributed by atoms with van der Waals surface area (Å²) in [5.41, 5.74) is 4.15. The second-order valence-electron chi connectivity index (χ2n) is 8.70. The Kier molecular flexibility index (Phi) is 4.84. The van der Waals surface area contributed by atoms with Crippen molar-refractivity contribution in [3.8, 4) is 5.75 Å². The molecule has 1 aromatic heterocycles. The Morgan fingerprint density at radius 2 is 1.64 bits per heavy atom. The zero-order valence-electron chi connectivity index (χ0n) is 18.1. The molecule has 5 heteroatoms. The third-order valence-corrected chi connectivity index (χ3v) is 6.87. The summed E-state index contributed by atoms with van der Waals surface area (Å²) in [5, 5.41) is 11.1. The lowest BCUT2D eigenvalue weighted by molar-refractivity contribution is 0.117. The first kappa shape index (κ1) is 19.9. The first-order valence-corrected chi connectivity index (χ1v) is 11.4. The Bertz CT molecular complexity index is 1420. The molecule has 0 amide bonds. The van der Waals surface area contributed by atoms with Crippen LogP contribution in [0.2, 0.25) is 0 Å². The van der Waals surface area contributed by atoms with Crippen molar-refractivity contribution in [2.75, 3.05) is 13.1 Å². The van der Waals surface area contributed by atoms with Gasteiger partial charge in [-0.05, 0) is 29.8 Å². The molecule has 2 aliphatic rings. The molecule has 2 unspecified atom stereocenters. The maximum Gasteiger partial charge on any atom is 0.197 e. The fourth-order valence-electron chi connectivity index (χ4n) is 5.34. The number of aromatic hydroxyl groups is 1. The maximum atomic E-state index is 13.7. The second-order valence-corrected chi connectivity index (χ2v) is 8.70. The zero-order chi connectivity index (χ0) is 22.4. The zero-order valence-corrected chi connectivity index (χ0v) is 18.1. The largest absolute Gasteiger partial charge is 0.507 e. The molecule has 3 heterocycles. The van der Waals surface area contributed by atoms with Crippen molar-refractivity contribution in [2.24, 2.45) is 4.99 Å². The number of benzene rings is 3. The van der Waals surface area contributed by atoms with Gasteiger partial charge < -0.3 is 9.52 Å². The molecule has 164 valence electrons. The van der Waals surface area contributed by atoms with Gasteiger partial charge in [0.15, 0.2) is 5.43 Å². The van der Waals surface area contributed by atoms with Gasteiger partial charge in [0.05, 0.1) is 17.5 Å². The van der Waals surface area contributed by atoms with Crippen molar-refractivity contribution in [1.29, 1.82) is 0 Å². The van der Waals surface area contributed by atoms with Crippen molar-refractivity contribution in [3.63, 3.8) is 0 Å². The van der Waals surface area contributed by atoms with E-state index >= 15 is 0 Å². The van der Waals surface area contributed by atoms with Gasteiger partial charge in [-0.3, -0.25) is 14.7 Å². The van der Waals surface area contributed by atoms with Crippen LogP contribution < -0.4 is 5.43 Å². The van der Waals surface area contributed by atoms with Crippen LogP contribution in [0.25, 0.3) is 11.0 Å². The predicted octanol–water partition coefficient (Wildman–Crippen LogP) is 5.03. The van der Waals surface area contributed by atoms with E-state index < -0.39 is 0 Å². The molecule has 0 spiro atoms. The van der Waals surface area contributed by atoms with E-state index in [0.29, 0.717) is 30.4 Å². The summed E-state index contributed by atoms with van der Waals surface area (Å²) in [6.45, 7) is 1.34. The summed E-state index contributed by atoms with van der Waals surface area (Å²) in [4.78, 5) is 21.0. The van der Waals surface area contributed by atoms with Gasteiger partial charge in [0.1, 0.15) is 17.1 Å². The van der Waals surface area contributed by atoms with Gasteiger partial charge in [-0.15, -0.1) is 0 Å². The lowest BCUT2D eigenvalue weighted by Gasteiger charge is -2.41. The standard InChI is InChI=1S/C28H24N2O3/c31-24-12-6-4-10-19(24)21-16-23-27-26(33-25-13-7-5-11-20(25)28(27)32)17-22(30(23)15-14-29-21)18-8-2-1-3-9-18/h1-13,22-23,31H,14-17H2. The maximum absolute atomic E-state index is 13.7. The Labute approximate surface area is 191 Å². The third-order valence-electron chi connectivity index (χ3n) is 6.87. The highest BCUT2D eigenvalue weighted by Gasteiger charge is 2.40. The summed E-state index contributed by atoms with van der Waals surface area (Å²) in [6.07, 6.45) is 1.18. The summed E-state index contributed by atoms with van der Waals surface area (Å²) in [7, 11) is 0.